The molecule has 156 valence electrons. The molecule has 0 bridgehead atoms. The van der Waals surface area contributed by atoms with Crippen molar-refractivity contribution in [1.29, 1.82) is 0 Å². The van der Waals surface area contributed by atoms with E-state index < -0.39 is 11.7 Å². The molecule has 3 N–H and O–H groups in total. The highest BCUT2D eigenvalue weighted by Gasteiger charge is 2.23. The minimum atomic E-state index is -0.682. The van der Waals surface area contributed by atoms with Crippen molar-refractivity contribution in [2.75, 3.05) is 6.54 Å². The van der Waals surface area contributed by atoms with Crippen LogP contribution in [0, 0.1) is 26.6 Å². The van der Waals surface area contributed by atoms with Gasteiger partial charge in [0.15, 0.2) is 0 Å². The van der Waals surface area contributed by atoms with Crippen LogP contribution in [-0.4, -0.2) is 28.2 Å². The Kier molecular flexibility index (Phi) is 5.78. The van der Waals surface area contributed by atoms with Gasteiger partial charge in [-0.2, -0.15) is 0 Å². The van der Waals surface area contributed by atoms with Gasteiger partial charge in [0.05, 0.1) is 11.1 Å². The molecule has 6 heteroatoms. The minimum absolute atomic E-state index is 0.130. The molecule has 30 heavy (non-hydrogen) atoms. The first-order chi connectivity index (χ1) is 14.2. The van der Waals surface area contributed by atoms with Gasteiger partial charge in [-0.1, -0.05) is 24.8 Å². The monoisotopic (exact) mass is 407 g/mol. The largest absolute Gasteiger partial charge is 0.366 e. The number of carbonyl (C=O) groups is 2. The first-order valence-corrected chi connectivity index (χ1v) is 9.82. The molecule has 5 nitrogen and oxygen atoms in total. The van der Waals surface area contributed by atoms with Crippen molar-refractivity contribution in [1.82, 2.24) is 9.88 Å². The number of carbonyl (C=O) groups excluding carboxylic acids is 2. The van der Waals surface area contributed by atoms with Crippen LogP contribution < -0.4 is 5.73 Å². The van der Waals surface area contributed by atoms with Crippen molar-refractivity contribution in [2.24, 2.45) is 5.73 Å². The molecule has 0 atom stereocenters. The van der Waals surface area contributed by atoms with Gasteiger partial charge in [-0.25, -0.2) is 4.39 Å². The summed E-state index contributed by atoms with van der Waals surface area (Å²) in [5, 5.41) is 0.649. The molecule has 2 amide bonds. The molecule has 0 spiro atoms. The molecule has 0 unspecified atom stereocenters. The van der Waals surface area contributed by atoms with Crippen LogP contribution in [0.15, 0.2) is 36.9 Å². The molecule has 0 radical (unpaired) electrons. The SMILES string of the molecule is C=CC(=O)N(CC)Cc1cccc(-c2c(F)cc(C(N)=O)c3[nH]c(C)c(C)c23)c1C. The van der Waals surface area contributed by atoms with Crippen LogP contribution >= 0.6 is 0 Å². The standard InChI is InChI=1S/C24H26FN3O2/c1-6-20(29)28(7-2)12-16-9-8-10-17(14(16)4)22-19(25)11-18(24(26)30)23-21(22)13(3)15(5)27-23/h6,8-11,27H,1,7,12H2,2-5H3,(H2,26,30). The van der Waals surface area contributed by atoms with Gasteiger partial charge in [-0.15, -0.1) is 0 Å². The van der Waals surface area contributed by atoms with Crippen molar-refractivity contribution in [2.45, 2.75) is 34.2 Å². The van der Waals surface area contributed by atoms with E-state index in [2.05, 4.69) is 11.6 Å². The van der Waals surface area contributed by atoms with Crippen LogP contribution in [0.1, 0.15) is 39.7 Å². The van der Waals surface area contributed by atoms with Gasteiger partial charge in [0.25, 0.3) is 5.91 Å². The predicted octanol–water partition coefficient (Wildman–Crippen LogP) is 4.53. The highest BCUT2D eigenvalue weighted by atomic mass is 19.1. The summed E-state index contributed by atoms with van der Waals surface area (Å²) in [6.07, 6.45) is 1.29. The fourth-order valence-corrected chi connectivity index (χ4v) is 3.89. The predicted molar refractivity (Wildman–Crippen MR) is 118 cm³/mol. The van der Waals surface area contributed by atoms with E-state index in [0.717, 1.165) is 27.9 Å². The van der Waals surface area contributed by atoms with Crippen molar-refractivity contribution in [3.63, 3.8) is 0 Å². The molecule has 0 saturated carbocycles. The van der Waals surface area contributed by atoms with Crippen LogP contribution in [0.4, 0.5) is 4.39 Å². The number of aromatic amines is 1. The van der Waals surface area contributed by atoms with E-state index in [1.54, 1.807) is 4.90 Å². The van der Waals surface area contributed by atoms with E-state index in [1.165, 1.54) is 12.1 Å². The lowest BCUT2D eigenvalue weighted by atomic mass is 9.91. The molecular weight excluding hydrogens is 381 g/mol. The number of primary amides is 1. The number of hydrogen-bond acceptors (Lipinski definition) is 2. The van der Waals surface area contributed by atoms with Crippen molar-refractivity contribution in [3.8, 4) is 11.1 Å². The highest BCUT2D eigenvalue weighted by molar-refractivity contribution is 6.11. The average Bonchev–Trinajstić information content (AvgIpc) is 3.01. The minimum Gasteiger partial charge on any atom is -0.366 e. The molecule has 2 aromatic carbocycles. The molecule has 0 saturated heterocycles. The van der Waals surface area contributed by atoms with Gasteiger partial charge in [0, 0.05) is 29.7 Å². The Morgan fingerprint density at radius 3 is 2.53 bits per heavy atom. The third-order valence-electron chi connectivity index (χ3n) is 5.74. The van der Waals surface area contributed by atoms with Crippen molar-refractivity contribution >= 4 is 22.7 Å². The van der Waals surface area contributed by atoms with Gasteiger partial charge in [0.1, 0.15) is 5.82 Å². The second-order valence-corrected chi connectivity index (χ2v) is 7.42. The van der Waals surface area contributed by atoms with Crippen LogP contribution in [0.3, 0.4) is 0 Å². The Morgan fingerprint density at radius 2 is 1.93 bits per heavy atom. The molecule has 1 heterocycles. The van der Waals surface area contributed by atoms with E-state index in [0.29, 0.717) is 29.6 Å². The number of likely N-dealkylation sites (N-methyl/N-ethyl adjacent to an activating group) is 1. The van der Waals surface area contributed by atoms with Crippen LogP contribution in [0.2, 0.25) is 0 Å². The molecule has 0 aliphatic rings. The fourth-order valence-electron chi connectivity index (χ4n) is 3.89. The van der Waals surface area contributed by atoms with E-state index in [9.17, 15) is 9.59 Å². The first-order valence-electron chi connectivity index (χ1n) is 9.82. The third-order valence-corrected chi connectivity index (χ3v) is 5.74. The van der Waals surface area contributed by atoms with Gasteiger partial charge >= 0.3 is 0 Å². The number of H-pyrrole nitrogens is 1. The lowest BCUT2D eigenvalue weighted by Gasteiger charge is -2.22. The number of fused-ring (bicyclic) bond motifs is 1. The number of nitrogens with zero attached hydrogens (tertiary/aromatic N) is 1. The lowest BCUT2D eigenvalue weighted by Crippen LogP contribution is -2.28. The van der Waals surface area contributed by atoms with Gasteiger partial charge in [-0.05, 0) is 62.1 Å². The molecule has 1 aromatic heterocycles. The highest BCUT2D eigenvalue weighted by Crippen LogP contribution is 2.38. The zero-order chi connectivity index (χ0) is 22.2. The van der Waals surface area contributed by atoms with E-state index >= 15 is 4.39 Å². The van der Waals surface area contributed by atoms with E-state index in [4.69, 9.17) is 5.73 Å². The summed E-state index contributed by atoms with van der Waals surface area (Å²) in [5.41, 5.74) is 10.8. The molecule has 0 aliphatic heterocycles. The number of nitrogens with two attached hydrogens (primary N) is 1. The van der Waals surface area contributed by atoms with Gasteiger partial charge < -0.3 is 15.6 Å². The number of aromatic nitrogens is 1. The number of benzene rings is 2. The van der Waals surface area contributed by atoms with Crippen molar-refractivity contribution < 1.29 is 14.0 Å². The second-order valence-electron chi connectivity index (χ2n) is 7.42. The maximum absolute atomic E-state index is 15.3. The van der Waals surface area contributed by atoms with E-state index in [-0.39, 0.29) is 11.5 Å². The zero-order valence-corrected chi connectivity index (χ0v) is 17.7. The normalized spacial score (nSPS) is 11.0. The summed E-state index contributed by atoms with van der Waals surface area (Å²) in [7, 11) is 0. The summed E-state index contributed by atoms with van der Waals surface area (Å²) in [6, 6.07) is 6.83. The quantitative estimate of drug-likeness (QED) is 0.589. The maximum Gasteiger partial charge on any atom is 0.250 e. The maximum atomic E-state index is 15.3. The third kappa shape index (κ3) is 3.49. The fraction of sp³-hybridized carbons (Fsp3) is 0.250. The summed E-state index contributed by atoms with van der Waals surface area (Å²) < 4.78 is 15.3. The summed E-state index contributed by atoms with van der Waals surface area (Å²) >= 11 is 0. The summed E-state index contributed by atoms with van der Waals surface area (Å²) in [6.45, 7) is 12.1. The smallest absolute Gasteiger partial charge is 0.250 e. The van der Waals surface area contributed by atoms with Crippen molar-refractivity contribution in [3.05, 3.63) is 70.7 Å². The average molecular weight is 407 g/mol. The van der Waals surface area contributed by atoms with Gasteiger partial charge in [-0.3, -0.25) is 9.59 Å². The zero-order valence-electron chi connectivity index (χ0n) is 17.7. The Morgan fingerprint density at radius 1 is 1.23 bits per heavy atom. The number of halogens is 1. The number of aryl methyl sites for hydroxylation is 2. The molecule has 0 aliphatic carbocycles. The summed E-state index contributed by atoms with van der Waals surface area (Å²) in [4.78, 5) is 28.8. The van der Waals surface area contributed by atoms with E-state index in [1.807, 2.05) is 45.9 Å². The molecule has 3 aromatic rings. The lowest BCUT2D eigenvalue weighted by molar-refractivity contribution is -0.126. The van der Waals surface area contributed by atoms with Crippen LogP contribution in [0.5, 0.6) is 0 Å². The molecule has 3 rings (SSSR count). The number of hydrogen-bond donors (Lipinski definition) is 2. The number of nitrogens with one attached hydrogen (secondary N) is 1. The Hall–Kier alpha value is -3.41. The van der Waals surface area contributed by atoms with Crippen LogP contribution in [0.25, 0.3) is 22.0 Å². The topological polar surface area (TPSA) is 79.2 Å². The second kappa shape index (κ2) is 8.14. The number of amides is 2. The number of rotatable bonds is 6. The van der Waals surface area contributed by atoms with Gasteiger partial charge in [0.2, 0.25) is 5.91 Å². The Labute approximate surface area is 175 Å². The molecular formula is C24H26FN3O2. The summed E-state index contributed by atoms with van der Waals surface area (Å²) in [5.74, 6) is -1.34. The van der Waals surface area contributed by atoms with Crippen LogP contribution in [-0.2, 0) is 11.3 Å². The Bertz CT molecular complexity index is 1180. The first kappa shape index (κ1) is 21.3. The Balaban J connectivity index is 2.26. The molecule has 0 fully saturated rings.